The van der Waals surface area contributed by atoms with E-state index >= 15 is 0 Å². The molecule has 0 aromatic carbocycles. The zero-order chi connectivity index (χ0) is 16.4. The van der Waals surface area contributed by atoms with Crippen molar-refractivity contribution in [3.8, 4) is 0 Å². The monoisotopic (exact) mass is 285 g/mol. The first-order valence-corrected chi connectivity index (χ1v) is 7.51. The molecule has 0 saturated heterocycles. The molecule has 3 atom stereocenters. The summed E-state index contributed by atoms with van der Waals surface area (Å²) in [6.45, 7) is 19.8. The minimum absolute atomic E-state index is 0.173. The van der Waals surface area contributed by atoms with Gasteiger partial charge in [-0.1, -0.05) is 34.6 Å². The molecule has 20 heavy (non-hydrogen) atoms. The SMILES string of the molecule is COC(C)(C)[C@]1(C)C(C)(C)[C@@](C)(N)C(C)(C)[C@]1(C)OC. The van der Waals surface area contributed by atoms with Crippen LogP contribution in [0.1, 0.15) is 62.3 Å². The molecule has 120 valence electrons. The fraction of sp³-hybridized carbons (Fsp3) is 1.00. The van der Waals surface area contributed by atoms with E-state index in [0.717, 1.165) is 0 Å². The molecule has 2 N–H and O–H groups in total. The van der Waals surface area contributed by atoms with Crippen molar-refractivity contribution in [2.24, 2.45) is 22.0 Å². The molecule has 1 fully saturated rings. The maximum absolute atomic E-state index is 6.88. The maximum atomic E-state index is 6.88. The van der Waals surface area contributed by atoms with Crippen molar-refractivity contribution in [3.63, 3.8) is 0 Å². The topological polar surface area (TPSA) is 44.5 Å². The molecule has 1 saturated carbocycles. The van der Waals surface area contributed by atoms with Crippen LogP contribution in [0.25, 0.3) is 0 Å². The highest BCUT2D eigenvalue weighted by molar-refractivity contribution is 5.31. The van der Waals surface area contributed by atoms with E-state index in [1.165, 1.54) is 0 Å². The van der Waals surface area contributed by atoms with Crippen LogP contribution in [0.5, 0.6) is 0 Å². The van der Waals surface area contributed by atoms with E-state index in [0.29, 0.717) is 0 Å². The molecule has 0 unspecified atom stereocenters. The molecule has 0 radical (unpaired) electrons. The second-order valence-electron chi connectivity index (χ2n) is 8.53. The summed E-state index contributed by atoms with van der Waals surface area (Å²) in [5.41, 5.74) is 5.07. The normalized spacial score (nSPS) is 43.8. The Kier molecular flexibility index (Phi) is 3.77. The van der Waals surface area contributed by atoms with Gasteiger partial charge in [0.15, 0.2) is 0 Å². The minimum atomic E-state index is -0.410. The van der Waals surface area contributed by atoms with E-state index in [1.807, 2.05) is 0 Å². The highest BCUT2D eigenvalue weighted by Crippen LogP contribution is 2.73. The van der Waals surface area contributed by atoms with Gasteiger partial charge in [0, 0.05) is 30.6 Å². The standard InChI is InChI=1S/C17H35NO2/c1-12(2)15(7,14(5,6)19-10)17(9,20-11)13(3,4)16(12,8)18/h18H2,1-11H3/t15-,16+,17-/m0/s1. The van der Waals surface area contributed by atoms with Gasteiger partial charge >= 0.3 is 0 Å². The first-order chi connectivity index (χ1) is 8.62. The Morgan fingerprint density at radius 3 is 1.50 bits per heavy atom. The van der Waals surface area contributed by atoms with Gasteiger partial charge in [0.2, 0.25) is 0 Å². The fourth-order valence-corrected chi connectivity index (χ4v) is 5.01. The molecule has 0 spiro atoms. The molecule has 1 rings (SSSR count). The summed E-state index contributed by atoms with van der Waals surface area (Å²) in [4.78, 5) is 0. The molecule has 0 heterocycles. The molecule has 1 aliphatic carbocycles. The van der Waals surface area contributed by atoms with Crippen LogP contribution in [-0.4, -0.2) is 31.0 Å². The highest BCUT2D eigenvalue weighted by Gasteiger charge is 2.80. The third kappa shape index (κ3) is 1.42. The third-order valence-electron chi connectivity index (χ3n) is 8.12. The van der Waals surface area contributed by atoms with Crippen LogP contribution in [0, 0.1) is 16.2 Å². The summed E-state index contributed by atoms with van der Waals surface area (Å²) in [6, 6.07) is 0. The lowest BCUT2D eigenvalue weighted by Gasteiger charge is -2.57. The molecule has 0 aromatic rings. The lowest BCUT2D eigenvalue weighted by molar-refractivity contribution is -0.228. The van der Waals surface area contributed by atoms with Gasteiger partial charge in [0.05, 0.1) is 11.2 Å². The van der Waals surface area contributed by atoms with E-state index in [-0.39, 0.29) is 21.8 Å². The van der Waals surface area contributed by atoms with Gasteiger partial charge in [-0.2, -0.15) is 0 Å². The van der Waals surface area contributed by atoms with E-state index in [2.05, 4.69) is 62.3 Å². The van der Waals surface area contributed by atoms with Crippen molar-refractivity contribution < 1.29 is 9.47 Å². The van der Waals surface area contributed by atoms with Crippen LogP contribution in [-0.2, 0) is 9.47 Å². The van der Waals surface area contributed by atoms with E-state index < -0.39 is 11.1 Å². The predicted molar refractivity (Wildman–Crippen MR) is 84.8 cm³/mol. The Labute approximate surface area is 125 Å². The third-order valence-corrected chi connectivity index (χ3v) is 8.12. The summed E-state index contributed by atoms with van der Waals surface area (Å²) in [5, 5.41) is 0. The minimum Gasteiger partial charge on any atom is -0.378 e. The molecule has 1 aliphatic rings. The van der Waals surface area contributed by atoms with Crippen molar-refractivity contribution in [1.29, 1.82) is 0 Å². The van der Waals surface area contributed by atoms with Crippen molar-refractivity contribution in [2.75, 3.05) is 14.2 Å². The number of hydrogen-bond acceptors (Lipinski definition) is 3. The van der Waals surface area contributed by atoms with Crippen molar-refractivity contribution in [2.45, 2.75) is 79.1 Å². The Morgan fingerprint density at radius 1 is 0.800 bits per heavy atom. The summed E-state index contributed by atoms with van der Waals surface area (Å²) < 4.78 is 12.0. The Balaban J connectivity index is 3.82. The van der Waals surface area contributed by atoms with E-state index in [1.54, 1.807) is 14.2 Å². The van der Waals surface area contributed by atoms with Gasteiger partial charge in [-0.25, -0.2) is 0 Å². The maximum Gasteiger partial charge on any atom is 0.0805 e. The summed E-state index contributed by atoms with van der Waals surface area (Å²) >= 11 is 0. The first kappa shape index (κ1) is 17.9. The Morgan fingerprint density at radius 2 is 1.20 bits per heavy atom. The van der Waals surface area contributed by atoms with Crippen LogP contribution in [0.4, 0.5) is 0 Å². The molecule has 0 bridgehead atoms. The molecular weight excluding hydrogens is 250 g/mol. The quantitative estimate of drug-likeness (QED) is 0.861. The average molecular weight is 285 g/mol. The van der Waals surface area contributed by atoms with E-state index in [9.17, 15) is 0 Å². The van der Waals surface area contributed by atoms with Crippen LogP contribution in [0.3, 0.4) is 0 Å². The average Bonchev–Trinajstić information content (AvgIpc) is 2.40. The number of nitrogens with two attached hydrogens (primary N) is 1. The lowest BCUT2D eigenvalue weighted by atomic mass is 9.53. The molecule has 3 nitrogen and oxygen atoms in total. The zero-order valence-electron chi connectivity index (χ0n) is 15.4. The molecular formula is C17H35NO2. The molecule has 0 amide bonds. The van der Waals surface area contributed by atoms with Gasteiger partial charge in [-0.3, -0.25) is 0 Å². The van der Waals surface area contributed by atoms with Crippen LogP contribution >= 0.6 is 0 Å². The summed E-state index contributed by atoms with van der Waals surface area (Å²) in [7, 11) is 3.57. The van der Waals surface area contributed by atoms with E-state index in [4.69, 9.17) is 15.2 Å². The highest BCUT2D eigenvalue weighted by atomic mass is 16.5. The zero-order valence-corrected chi connectivity index (χ0v) is 15.4. The van der Waals surface area contributed by atoms with Crippen molar-refractivity contribution in [3.05, 3.63) is 0 Å². The summed E-state index contributed by atoms with van der Waals surface area (Å²) in [5.74, 6) is 0. The number of methoxy groups -OCH3 is 2. The van der Waals surface area contributed by atoms with Gasteiger partial charge < -0.3 is 15.2 Å². The van der Waals surface area contributed by atoms with Crippen molar-refractivity contribution in [1.82, 2.24) is 0 Å². The Hall–Kier alpha value is -0.120. The van der Waals surface area contributed by atoms with Crippen LogP contribution < -0.4 is 5.73 Å². The van der Waals surface area contributed by atoms with Crippen LogP contribution in [0.2, 0.25) is 0 Å². The van der Waals surface area contributed by atoms with Gasteiger partial charge in [0.25, 0.3) is 0 Å². The smallest absolute Gasteiger partial charge is 0.0805 e. The molecule has 0 aromatic heterocycles. The second kappa shape index (κ2) is 4.21. The largest absolute Gasteiger partial charge is 0.378 e. The van der Waals surface area contributed by atoms with Gasteiger partial charge in [0.1, 0.15) is 0 Å². The lowest BCUT2D eigenvalue weighted by Crippen LogP contribution is -2.63. The summed E-state index contributed by atoms with van der Waals surface area (Å²) in [6.07, 6.45) is 0. The van der Waals surface area contributed by atoms with Crippen LogP contribution in [0.15, 0.2) is 0 Å². The van der Waals surface area contributed by atoms with Gasteiger partial charge in [-0.05, 0) is 33.1 Å². The van der Waals surface area contributed by atoms with Gasteiger partial charge in [-0.15, -0.1) is 0 Å². The van der Waals surface area contributed by atoms with Crippen molar-refractivity contribution >= 4 is 0 Å². The fourth-order valence-electron chi connectivity index (χ4n) is 5.01. The predicted octanol–water partition coefficient (Wildman–Crippen LogP) is 3.61. The molecule has 3 heteroatoms. The second-order valence-corrected chi connectivity index (χ2v) is 8.53. The Bertz CT molecular complexity index is 398. The number of ether oxygens (including phenoxy) is 2. The number of hydrogen-bond donors (Lipinski definition) is 1. The molecule has 0 aliphatic heterocycles. The first-order valence-electron chi connectivity index (χ1n) is 7.51. The number of rotatable bonds is 3.